The van der Waals surface area contributed by atoms with E-state index < -0.39 is 10.8 Å². The molecular weight excluding hydrogens is 448 g/mol. The molecule has 8 nitrogen and oxygen atoms in total. The van der Waals surface area contributed by atoms with Crippen molar-refractivity contribution in [3.8, 4) is 0 Å². The van der Waals surface area contributed by atoms with Gasteiger partial charge >= 0.3 is 0 Å². The van der Waals surface area contributed by atoms with E-state index in [0.29, 0.717) is 28.6 Å². The molecule has 32 heavy (non-hydrogen) atoms. The standard InChI is InChI=1S/C22H25ClN6O2S/c23-12-7-24-18(25-8-12)16-13-9-29(10-14(13)16)20-26-15-6-22(4-5-22)32(31)17(15)19(27-20)28-21(11-30)2-1-3-21/h7-8,13-14,16,30H,1-6,9-11H2,(H,26,27,28)/t13?,14?,16?,32-/m1/s1. The van der Waals surface area contributed by atoms with Gasteiger partial charge in [-0.25, -0.2) is 15.0 Å². The Labute approximate surface area is 193 Å². The van der Waals surface area contributed by atoms with Crippen LogP contribution in [0.3, 0.4) is 0 Å². The van der Waals surface area contributed by atoms with Crippen molar-refractivity contribution in [2.45, 2.75) is 59.6 Å². The van der Waals surface area contributed by atoms with Gasteiger partial charge in [0.2, 0.25) is 5.95 Å². The molecule has 1 spiro atoms. The number of aliphatic hydroxyl groups is 1. The highest BCUT2D eigenvalue weighted by atomic mass is 35.5. The lowest BCUT2D eigenvalue weighted by molar-refractivity contribution is 0.143. The molecule has 2 aliphatic heterocycles. The highest BCUT2D eigenvalue weighted by molar-refractivity contribution is 7.87. The van der Waals surface area contributed by atoms with Crippen molar-refractivity contribution in [3.05, 3.63) is 28.9 Å². The van der Waals surface area contributed by atoms with Gasteiger partial charge in [0, 0.05) is 37.8 Å². The average molecular weight is 473 g/mol. The molecule has 0 radical (unpaired) electrons. The lowest BCUT2D eigenvalue weighted by Crippen LogP contribution is -2.48. The molecule has 1 saturated heterocycles. The van der Waals surface area contributed by atoms with E-state index in [4.69, 9.17) is 21.6 Å². The first-order valence-electron chi connectivity index (χ1n) is 11.5. The molecule has 2 N–H and O–H groups in total. The molecule has 3 saturated carbocycles. The van der Waals surface area contributed by atoms with E-state index in [1.165, 1.54) is 0 Å². The van der Waals surface area contributed by atoms with Crippen molar-refractivity contribution in [2.24, 2.45) is 11.8 Å². The summed E-state index contributed by atoms with van der Waals surface area (Å²) in [5.41, 5.74) is 0.589. The number of halogens is 1. The van der Waals surface area contributed by atoms with Crippen LogP contribution in [0.25, 0.3) is 0 Å². The topological polar surface area (TPSA) is 104 Å². The minimum Gasteiger partial charge on any atom is -0.394 e. The van der Waals surface area contributed by atoms with Crippen molar-refractivity contribution in [1.29, 1.82) is 0 Å². The van der Waals surface area contributed by atoms with Crippen LogP contribution < -0.4 is 10.2 Å². The van der Waals surface area contributed by atoms with Crippen LogP contribution >= 0.6 is 11.6 Å². The minimum atomic E-state index is -1.08. The first kappa shape index (κ1) is 19.6. The maximum absolute atomic E-state index is 13.3. The summed E-state index contributed by atoms with van der Waals surface area (Å²) in [6.45, 7) is 1.81. The number of nitrogens with zero attached hydrogens (tertiary/aromatic N) is 5. The van der Waals surface area contributed by atoms with E-state index in [9.17, 15) is 9.32 Å². The van der Waals surface area contributed by atoms with Gasteiger partial charge < -0.3 is 15.3 Å². The number of anilines is 2. The normalized spacial score (nSPS) is 32.4. The number of rotatable bonds is 5. The zero-order valence-electron chi connectivity index (χ0n) is 17.6. The second-order valence-corrected chi connectivity index (χ2v) is 12.5. The lowest BCUT2D eigenvalue weighted by Gasteiger charge is -2.41. The third-order valence-corrected chi connectivity index (χ3v) is 10.5. The van der Waals surface area contributed by atoms with Crippen LogP contribution in [0.15, 0.2) is 17.3 Å². The SMILES string of the molecule is O=[S@@]1c2c(nc(N3CC4C(C3)C4c3ncc(Cl)cn3)nc2NC2(CO)CCC2)CC12CC2. The molecule has 2 unspecified atom stereocenters. The molecule has 168 valence electrons. The molecular formula is C22H25ClN6O2S. The molecule has 5 aliphatic rings. The van der Waals surface area contributed by atoms with Crippen molar-refractivity contribution >= 4 is 34.2 Å². The number of piperidine rings is 1. The predicted molar refractivity (Wildman–Crippen MR) is 120 cm³/mol. The number of nitrogens with one attached hydrogen (secondary N) is 1. The fourth-order valence-electron chi connectivity index (χ4n) is 5.86. The summed E-state index contributed by atoms with van der Waals surface area (Å²) in [5.74, 6) is 3.66. The van der Waals surface area contributed by atoms with Crippen LogP contribution in [-0.4, -0.2) is 59.2 Å². The van der Waals surface area contributed by atoms with Gasteiger partial charge in [0.25, 0.3) is 0 Å². The first-order valence-corrected chi connectivity index (χ1v) is 13.0. The van der Waals surface area contributed by atoms with Gasteiger partial charge in [0.05, 0.1) is 38.4 Å². The third kappa shape index (κ3) is 2.80. The highest BCUT2D eigenvalue weighted by Gasteiger charge is 2.59. The van der Waals surface area contributed by atoms with Crippen molar-refractivity contribution in [3.63, 3.8) is 0 Å². The van der Waals surface area contributed by atoms with Gasteiger partial charge in [-0.1, -0.05) is 11.6 Å². The zero-order valence-corrected chi connectivity index (χ0v) is 19.2. The average Bonchev–Trinajstić information content (AvgIpc) is 3.61. The summed E-state index contributed by atoms with van der Waals surface area (Å²) in [6, 6.07) is 0. The summed E-state index contributed by atoms with van der Waals surface area (Å²) in [4.78, 5) is 21.7. The Hall–Kier alpha value is -1.84. The molecule has 2 aromatic heterocycles. The van der Waals surface area contributed by atoms with Crippen LogP contribution in [-0.2, 0) is 17.2 Å². The second kappa shape index (κ2) is 6.61. The van der Waals surface area contributed by atoms with Crippen LogP contribution in [0.4, 0.5) is 11.8 Å². The van der Waals surface area contributed by atoms with Gasteiger partial charge in [-0.3, -0.25) is 4.21 Å². The molecule has 4 fully saturated rings. The molecule has 3 atom stereocenters. The first-order chi connectivity index (χ1) is 15.5. The Morgan fingerprint density at radius 2 is 1.88 bits per heavy atom. The molecule has 2 aromatic rings. The van der Waals surface area contributed by atoms with Crippen LogP contribution in [0, 0.1) is 11.8 Å². The molecule has 7 rings (SSSR count). The molecule has 0 amide bonds. The Balaban J connectivity index is 1.17. The zero-order chi connectivity index (χ0) is 21.7. The number of aliphatic hydroxyl groups excluding tert-OH is 1. The molecule has 4 heterocycles. The fourth-order valence-corrected chi connectivity index (χ4v) is 7.73. The monoisotopic (exact) mass is 472 g/mol. The summed E-state index contributed by atoms with van der Waals surface area (Å²) >= 11 is 5.93. The van der Waals surface area contributed by atoms with E-state index in [-0.39, 0.29) is 16.9 Å². The van der Waals surface area contributed by atoms with Crippen LogP contribution in [0.1, 0.15) is 49.5 Å². The largest absolute Gasteiger partial charge is 0.394 e. The van der Waals surface area contributed by atoms with Gasteiger partial charge in [0.15, 0.2) is 0 Å². The van der Waals surface area contributed by atoms with Crippen LogP contribution in [0.2, 0.25) is 5.02 Å². The van der Waals surface area contributed by atoms with E-state index in [1.807, 2.05) is 0 Å². The molecule has 3 aliphatic carbocycles. The summed E-state index contributed by atoms with van der Waals surface area (Å²) in [6.07, 6.45) is 9.00. The van der Waals surface area contributed by atoms with Gasteiger partial charge in [0.1, 0.15) is 16.5 Å². The van der Waals surface area contributed by atoms with E-state index in [2.05, 4.69) is 20.2 Å². The van der Waals surface area contributed by atoms with Gasteiger partial charge in [-0.2, -0.15) is 4.98 Å². The quantitative estimate of drug-likeness (QED) is 0.683. The second-order valence-electron chi connectivity index (χ2n) is 10.2. The van der Waals surface area contributed by atoms with Crippen molar-refractivity contribution < 1.29 is 9.32 Å². The van der Waals surface area contributed by atoms with E-state index >= 15 is 0 Å². The predicted octanol–water partition coefficient (Wildman–Crippen LogP) is 2.29. The summed E-state index contributed by atoms with van der Waals surface area (Å²) in [5, 5.41) is 14.1. The molecule has 10 heteroatoms. The lowest BCUT2D eigenvalue weighted by atomic mass is 9.77. The van der Waals surface area contributed by atoms with Gasteiger partial charge in [-0.15, -0.1) is 0 Å². The van der Waals surface area contributed by atoms with Crippen molar-refractivity contribution in [2.75, 3.05) is 29.9 Å². The number of aromatic nitrogens is 4. The fraction of sp³-hybridized carbons (Fsp3) is 0.636. The Kier molecular flexibility index (Phi) is 4.05. The smallest absolute Gasteiger partial charge is 0.227 e. The van der Waals surface area contributed by atoms with E-state index in [0.717, 1.165) is 74.0 Å². The molecule has 0 bridgehead atoms. The third-order valence-electron chi connectivity index (χ3n) is 8.21. The maximum atomic E-state index is 13.3. The number of fused-ring (bicyclic) bond motifs is 2. The van der Waals surface area contributed by atoms with Crippen LogP contribution in [0.5, 0.6) is 0 Å². The number of hydrogen-bond donors (Lipinski definition) is 2. The Morgan fingerprint density at radius 1 is 1.16 bits per heavy atom. The van der Waals surface area contributed by atoms with Gasteiger partial charge in [-0.05, 0) is 43.9 Å². The maximum Gasteiger partial charge on any atom is 0.227 e. The Bertz CT molecular complexity index is 1120. The highest BCUT2D eigenvalue weighted by Crippen LogP contribution is 2.58. The summed E-state index contributed by atoms with van der Waals surface area (Å²) < 4.78 is 13.2. The Morgan fingerprint density at radius 3 is 2.47 bits per heavy atom. The van der Waals surface area contributed by atoms with Crippen molar-refractivity contribution in [1.82, 2.24) is 19.9 Å². The van der Waals surface area contributed by atoms with E-state index in [1.54, 1.807) is 12.4 Å². The summed E-state index contributed by atoms with van der Waals surface area (Å²) in [7, 11) is -1.08. The molecule has 0 aromatic carbocycles. The minimum absolute atomic E-state index is 0.0650. The number of hydrogen-bond acceptors (Lipinski definition) is 8.